The number of carbonyl (C=O) groups is 4. The van der Waals surface area contributed by atoms with Gasteiger partial charge in [0.25, 0.3) is 0 Å². The van der Waals surface area contributed by atoms with Gasteiger partial charge in [-0.2, -0.15) is 0 Å². The van der Waals surface area contributed by atoms with E-state index < -0.39 is 53.7 Å². The summed E-state index contributed by atoms with van der Waals surface area (Å²) in [6, 6.07) is 7.16. The van der Waals surface area contributed by atoms with Crippen LogP contribution in [-0.4, -0.2) is 100 Å². The minimum atomic E-state index is -1.22. The molecular formula is C38H55N3O7. The summed E-state index contributed by atoms with van der Waals surface area (Å²) in [5, 5.41) is 10.6. The lowest BCUT2D eigenvalue weighted by atomic mass is 9.70. The van der Waals surface area contributed by atoms with E-state index in [-0.39, 0.29) is 36.7 Å². The molecule has 1 N–H and O–H groups in total. The number of benzene rings is 1. The Bertz CT molecular complexity index is 1320. The topological polar surface area (TPSA) is 117 Å². The second-order valence-electron chi connectivity index (χ2n) is 13.7. The van der Waals surface area contributed by atoms with Crippen LogP contribution in [0, 0.1) is 17.8 Å². The Balaban J connectivity index is 1.73. The van der Waals surface area contributed by atoms with Crippen LogP contribution in [0.1, 0.15) is 84.3 Å². The molecule has 48 heavy (non-hydrogen) atoms. The number of carbonyl (C=O) groups excluding carboxylic acids is 4. The maximum atomic E-state index is 14.7. The minimum Gasteiger partial charge on any atom is -0.455 e. The van der Waals surface area contributed by atoms with Crippen LogP contribution in [0.25, 0.3) is 0 Å². The highest BCUT2D eigenvalue weighted by Crippen LogP contribution is 2.59. The van der Waals surface area contributed by atoms with Crippen molar-refractivity contribution in [2.45, 2.75) is 109 Å². The van der Waals surface area contributed by atoms with Crippen LogP contribution in [0.5, 0.6) is 0 Å². The van der Waals surface area contributed by atoms with Gasteiger partial charge in [0.1, 0.15) is 17.7 Å². The maximum absolute atomic E-state index is 14.7. The number of hydrogen-bond donors (Lipinski definition) is 1. The van der Waals surface area contributed by atoms with Gasteiger partial charge in [-0.05, 0) is 44.1 Å². The molecule has 264 valence electrons. The molecule has 3 saturated heterocycles. The van der Waals surface area contributed by atoms with Crippen molar-refractivity contribution in [3.05, 3.63) is 61.2 Å². The molecule has 3 amide bonds. The van der Waals surface area contributed by atoms with Gasteiger partial charge in [-0.25, -0.2) is 0 Å². The van der Waals surface area contributed by atoms with E-state index in [9.17, 15) is 24.3 Å². The largest absolute Gasteiger partial charge is 0.455 e. The van der Waals surface area contributed by atoms with E-state index in [1.165, 1.54) is 0 Å². The molecule has 1 spiro atoms. The van der Waals surface area contributed by atoms with E-state index in [0.717, 1.165) is 18.4 Å². The van der Waals surface area contributed by atoms with Gasteiger partial charge < -0.3 is 29.3 Å². The van der Waals surface area contributed by atoms with Gasteiger partial charge in [-0.1, -0.05) is 76.1 Å². The van der Waals surface area contributed by atoms with Crippen LogP contribution >= 0.6 is 0 Å². The van der Waals surface area contributed by atoms with Crippen molar-refractivity contribution in [2.24, 2.45) is 17.8 Å². The van der Waals surface area contributed by atoms with Crippen molar-refractivity contribution in [3.8, 4) is 0 Å². The van der Waals surface area contributed by atoms with Crippen LogP contribution in [0.2, 0.25) is 0 Å². The molecule has 2 bridgehead atoms. The second-order valence-corrected chi connectivity index (χ2v) is 13.7. The second kappa shape index (κ2) is 16.3. The highest BCUT2D eigenvalue weighted by molar-refractivity contribution is 5.98. The number of aliphatic hydroxyl groups excluding tert-OH is 1. The Labute approximate surface area is 286 Å². The van der Waals surface area contributed by atoms with Gasteiger partial charge in [0, 0.05) is 26.6 Å². The first-order valence-electron chi connectivity index (χ1n) is 17.6. The zero-order valence-electron chi connectivity index (χ0n) is 29.4. The maximum Gasteiger partial charge on any atom is 0.313 e. The first-order chi connectivity index (χ1) is 23.0. The lowest BCUT2D eigenvalue weighted by molar-refractivity contribution is -0.165. The van der Waals surface area contributed by atoms with Crippen LogP contribution in [-0.2, 0) is 28.7 Å². The highest BCUT2D eigenvalue weighted by Gasteiger charge is 2.76. The average molecular weight is 666 g/mol. The summed E-state index contributed by atoms with van der Waals surface area (Å²) in [5.41, 5.74) is -0.499. The minimum absolute atomic E-state index is 0.100. The first kappa shape index (κ1) is 37.3. The number of esters is 1. The average Bonchev–Trinajstić information content (AvgIpc) is 3.75. The summed E-state index contributed by atoms with van der Waals surface area (Å²) in [6.45, 7) is 15.9. The summed E-state index contributed by atoms with van der Waals surface area (Å²) in [5.74, 6) is -3.26. The van der Waals surface area contributed by atoms with Crippen LogP contribution in [0.15, 0.2) is 55.6 Å². The third-order valence-electron chi connectivity index (χ3n) is 10.9. The molecule has 0 radical (unpaired) electrons. The molecular weight excluding hydrogens is 610 g/mol. The van der Waals surface area contributed by atoms with Gasteiger partial charge in [-0.15, -0.1) is 13.2 Å². The number of aliphatic hydroxyl groups is 1. The molecule has 1 aromatic carbocycles. The number of likely N-dealkylation sites (tertiary alicyclic amines) is 1. The summed E-state index contributed by atoms with van der Waals surface area (Å²) >= 11 is 0. The van der Waals surface area contributed by atoms with Crippen LogP contribution < -0.4 is 0 Å². The molecule has 1 aromatic rings. The fraction of sp³-hybridized carbons (Fsp3) is 0.632. The van der Waals surface area contributed by atoms with Crippen molar-refractivity contribution in [1.29, 1.82) is 0 Å². The third kappa shape index (κ3) is 6.97. The van der Waals surface area contributed by atoms with Gasteiger partial charge in [0.05, 0.1) is 36.6 Å². The van der Waals surface area contributed by atoms with Crippen molar-refractivity contribution in [3.63, 3.8) is 0 Å². The Morgan fingerprint density at radius 1 is 1.17 bits per heavy atom. The molecule has 0 aromatic heterocycles. The lowest BCUT2D eigenvalue weighted by Gasteiger charge is -2.41. The number of rotatable bonds is 18. The molecule has 4 rings (SSSR count). The molecule has 0 saturated carbocycles. The number of allylic oxidation sites excluding steroid dienone is 1. The van der Waals surface area contributed by atoms with Crippen molar-refractivity contribution >= 4 is 23.7 Å². The van der Waals surface area contributed by atoms with E-state index in [4.69, 9.17) is 9.47 Å². The van der Waals surface area contributed by atoms with Gasteiger partial charge in [-0.3, -0.25) is 19.2 Å². The Hall–Kier alpha value is -3.50. The van der Waals surface area contributed by atoms with Crippen molar-refractivity contribution < 1.29 is 33.8 Å². The van der Waals surface area contributed by atoms with Crippen LogP contribution in [0.3, 0.4) is 0 Å². The van der Waals surface area contributed by atoms with Gasteiger partial charge >= 0.3 is 5.97 Å². The highest BCUT2D eigenvalue weighted by atomic mass is 16.6. The Kier molecular flexibility index (Phi) is 12.6. The molecule has 10 heteroatoms. The number of unbranched alkanes of at least 4 members (excludes halogenated alkanes) is 1. The zero-order chi connectivity index (χ0) is 35.2. The molecule has 3 aliphatic rings. The van der Waals surface area contributed by atoms with E-state index in [2.05, 4.69) is 20.1 Å². The van der Waals surface area contributed by atoms with Crippen molar-refractivity contribution in [1.82, 2.24) is 14.7 Å². The van der Waals surface area contributed by atoms with Crippen LogP contribution in [0.4, 0.5) is 0 Å². The van der Waals surface area contributed by atoms with Gasteiger partial charge in [0.15, 0.2) is 0 Å². The number of nitrogens with zero attached hydrogens (tertiary/aromatic N) is 3. The molecule has 3 fully saturated rings. The summed E-state index contributed by atoms with van der Waals surface area (Å²) in [7, 11) is 1.70. The SMILES string of the molecule is C=CCCC(=O)N(C)[C@@H](C)[C@@H](OC(=O)[C@@H]1[C@H]2C(=O)N([C@@H](CO)[C@@H](C)CC)[C@H](C(=O)N(CC=C)CCCC)[C@]23CC[C@H]1O3)c1ccccc1. The molecule has 10 nitrogen and oxygen atoms in total. The number of fused-ring (bicyclic) bond motifs is 1. The number of likely N-dealkylation sites (N-methyl/N-ethyl adjacent to an activating group) is 1. The summed E-state index contributed by atoms with van der Waals surface area (Å²) < 4.78 is 13.0. The molecule has 9 atom stereocenters. The van der Waals surface area contributed by atoms with E-state index in [1.54, 1.807) is 33.9 Å². The first-order valence-corrected chi connectivity index (χ1v) is 17.6. The fourth-order valence-corrected chi connectivity index (χ4v) is 7.90. The Morgan fingerprint density at radius 3 is 2.48 bits per heavy atom. The van der Waals surface area contributed by atoms with Crippen molar-refractivity contribution in [2.75, 3.05) is 26.7 Å². The van der Waals surface area contributed by atoms with E-state index in [0.29, 0.717) is 38.8 Å². The smallest absolute Gasteiger partial charge is 0.313 e. The fourth-order valence-electron chi connectivity index (χ4n) is 7.90. The number of amides is 3. The normalized spacial score (nSPS) is 26.7. The number of hydrogen-bond acceptors (Lipinski definition) is 7. The van der Waals surface area contributed by atoms with E-state index >= 15 is 0 Å². The van der Waals surface area contributed by atoms with E-state index in [1.807, 2.05) is 51.1 Å². The monoisotopic (exact) mass is 665 g/mol. The predicted octanol–water partition coefficient (Wildman–Crippen LogP) is 4.68. The molecule has 0 unspecified atom stereocenters. The quantitative estimate of drug-likeness (QED) is 0.179. The lowest BCUT2D eigenvalue weighted by Crippen LogP contribution is -2.59. The Morgan fingerprint density at radius 2 is 1.88 bits per heavy atom. The predicted molar refractivity (Wildman–Crippen MR) is 183 cm³/mol. The van der Waals surface area contributed by atoms with Gasteiger partial charge in [0.2, 0.25) is 17.7 Å². The summed E-state index contributed by atoms with van der Waals surface area (Å²) in [4.78, 5) is 61.5. The molecule has 0 aliphatic carbocycles. The molecule has 3 heterocycles. The summed E-state index contributed by atoms with van der Waals surface area (Å²) in [6.07, 6.45) is 6.08. The third-order valence-corrected chi connectivity index (χ3v) is 10.9. The zero-order valence-corrected chi connectivity index (χ0v) is 29.4. The number of ether oxygens (including phenoxy) is 2. The molecule has 3 aliphatic heterocycles. The standard InChI is InChI=1S/C38H55N3O7/c1-8-12-19-30(43)39(7)26(6)33(27-17-15-14-16-18-27)47-37(46)31-29-20-21-38(48-29)32(31)35(44)41(28(24-42)25(5)11-4)34(38)36(45)40(22-10-3)23-13-9-2/h8,10,14-18,25-26,28-29,31-34,42H,1,3,9,11-13,19-24H2,2,4-7H3/t25-,26-,28-,29+,31-,32-,33+,34+,38-/m0/s1.